The summed E-state index contributed by atoms with van der Waals surface area (Å²) in [6, 6.07) is 10.6. The maximum atomic E-state index is 12.4. The van der Waals surface area contributed by atoms with Gasteiger partial charge in [-0.2, -0.15) is 0 Å². The number of rotatable bonds is 6. The second-order valence-electron chi connectivity index (χ2n) is 4.69. The highest BCUT2D eigenvalue weighted by Crippen LogP contribution is 2.33. The van der Waals surface area contributed by atoms with Gasteiger partial charge >= 0.3 is 0 Å². The first-order chi connectivity index (χ1) is 11.1. The number of ether oxygens (including phenoxy) is 2. The SMILES string of the molecule is COc1ccc(/C=C/C(=O)c2c(O)cc(SC)cc2OC)cc1. The molecule has 0 aliphatic carbocycles. The molecule has 0 spiro atoms. The number of phenols is 1. The molecule has 0 atom stereocenters. The quantitative estimate of drug-likeness (QED) is 0.492. The van der Waals surface area contributed by atoms with E-state index in [9.17, 15) is 9.90 Å². The van der Waals surface area contributed by atoms with Crippen LogP contribution in [0.1, 0.15) is 15.9 Å². The van der Waals surface area contributed by atoms with Crippen molar-refractivity contribution >= 4 is 23.6 Å². The van der Waals surface area contributed by atoms with Gasteiger partial charge in [0, 0.05) is 4.90 Å². The summed E-state index contributed by atoms with van der Waals surface area (Å²) in [5, 5.41) is 10.1. The van der Waals surface area contributed by atoms with Crippen LogP contribution >= 0.6 is 11.8 Å². The summed E-state index contributed by atoms with van der Waals surface area (Å²) < 4.78 is 10.3. The van der Waals surface area contributed by atoms with Gasteiger partial charge in [-0.3, -0.25) is 4.79 Å². The fraction of sp³-hybridized carbons (Fsp3) is 0.167. The molecule has 120 valence electrons. The largest absolute Gasteiger partial charge is 0.507 e. The number of phenolic OH excluding ortho intramolecular Hbond substituents is 1. The summed E-state index contributed by atoms with van der Waals surface area (Å²) in [6.45, 7) is 0. The zero-order valence-electron chi connectivity index (χ0n) is 13.2. The van der Waals surface area contributed by atoms with E-state index in [1.54, 1.807) is 25.3 Å². The molecule has 23 heavy (non-hydrogen) atoms. The van der Waals surface area contributed by atoms with Crippen LogP contribution in [0.5, 0.6) is 17.2 Å². The second kappa shape index (κ2) is 7.74. The molecule has 0 amide bonds. The van der Waals surface area contributed by atoms with E-state index >= 15 is 0 Å². The Bertz CT molecular complexity index is 721. The van der Waals surface area contributed by atoms with Crippen LogP contribution in [-0.4, -0.2) is 31.4 Å². The predicted molar refractivity (Wildman–Crippen MR) is 92.8 cm³/mol. The number of hydrogen-bond acceptors (Lipinski definition) is 5. The van der Waals surface area contributed by atoms with Crippen LogP contribution in [0.3, 0.4) is 0 Å². The summed E-state index contributed by atoms with van der Waals surface area (Å²) in [5.41, 5.74) is 1.02. The molecule has 2 aromatic rings. The van der Waals surface area contributed by atoms with Gasteiger partial charge in [-0.1, -0.05) is 18.2 Å². The summed E-state index contributed by atoms with van der Waals surface area (Å²) in [7, 11) is 3.07. The Labute approximate surface area is 139 Å². The van der Waals surface area contributed by atoms with E-state index in [1.165, 1.54) is 24.9 Å². The molecule has 4 nitrogen and oxygen atoms in total. The summed E-state index contributed by atoms with van der Waals surface area (Å²) in [5.74, 6) is 0.708. The zero-order valence-corrected chi connectivity index (χ0v) is 14.0. The molecule has 0 aliphatic rings. The first-order valence-corrected chi connectivity index (χ1v) is 8.13. The van der Waals surface area contributed by atoms with Crippen molar-refractivity contribution in [2.45, 2.75) is 4.90 Å². The van der Waals surface area contributed by atoms with Crippen molar-refractivity contribution in [1.82, 2.24) is 0 Å². The highest BCUT2D eigenvalue weighted by Gasteiger charge is 2.16. The average molecular weight is 330 g/mol. The third-order valence-electron chi connectivity index (χ3n) is 3.30. The lowest BCUT2D eigenvalue weighted by molar-refractivity contribution is 0.104. The van der Waals surface area contributed by atoms with E-state index in [0.717, 1.165) is 16.2 Å². The fourth-order valence-corrected chi connectivity index (χ4v) is 2.53. The second-order valence-corrected chi connectivity index (χ2v) is 5.57. The number of carbonyl (C=O) groups is 1. The molecule has 2 aromatic carbocycles. The van der Waals surface area contributed by atoms with Crippen molar-refractivity contribution in [3.05, 3.63) is 53.6 Å². The van der Waals surface area contributed by atoms with E-state index in [-0.39, 0.29) is 17.1 Å². The number of benzene rings is 2. The van der Waals surface area contributed by atoms with Crippen LogP contribution in [0.4, 0.5) is 0 Å². The topological polar surface area (TPSA) is 55.8 Å². The van der Waals surface area contributed by atoms with Crippen LogP contribution < -0.4 is 9.47 Å². The van der Waals surface area contributed by atoms with Crippen molar-refractivity contribution in [3.8, 4) is 17.2 Å². The molecule has 0 bridgehead atoms. The smallest absolute Gasteiger partial charge is 0.193 e. The van der Waals surface area contributed by atoms with E-state index in [4.69, 9.17) is 9.47 Å². The number of carbonyl (C=O) groups excluding carboxylic acids is 1. The number of ketones is 1. The molecule has 0 radical (unpaired) electrons. The molecule has 0 saturated carbocycles. The Morgan fingerprint density at radius 1 is 1.13 bits per heavy atom. The van der Waals surface area contributed by atoms with E-state index < -0.39 is 0 Å². The highest BCUT2D eigenvalue weighted by molar-refractivity contribution is 7.98. The number of allylic oxidation sites excluding steroid dienone is 1. The van der Waals surface area contributed by atoms with Crippen LogP contribution in [0, 0.1) is 0 Å². The van der Waals surface area contributed by atoms with Crippen LogP contribution in [0.25, 0.3) is 6.08 Å². The van der Waals surface area contributed by atoms with Crippen molar-refractivity contribution < 1.29 is 19.4 Å². The third-order valence-corrected chi connectivity index (χ3v) is 4.01. The van der Waals surface area contributed by atoms with Gasteiger partial charge < -0.3 is 14.6 Å². The Hall–Kier alpha value is -2.40. The van der Waals surface area contributed by atoms with E-state index in [1.807, 2.05) is 30.5 Å². The number of aromatic hydroxyl groups is 1. The monoisotopic (exact) mass is 330 g/mol. The van der Waals surface area contributed by atoms with Crippen LogP contribution in [0.2, 0.25) is 0 Å². The molecule has 1 N–H and O–H groups in total. The van der Waals surface area contributed by atoms with Gasteiger partial charge in [-0.05, 0) is 42.2 Å². The van der Waals surface area contributed by atoms with Gasteiger partial charge in [-0.15, -0.1) is 11.8 Å². The molecular formula is C18H18O4S. The summed E-state index contributed by atoms with van der Waals surface area (Å²) in [6.07, 6.45) is 4.99. The molecule has 2 rings (SSSR count). The Morgan fingerprint density at radius 3 is 2.39 bits per heavy atom. The Balaban J connectivity index is 2.27. The van der Waals surface area contributed by atoms with Crippen molar-refractivity contribution in [3.63, 3.8) is 0 Å². The number of thioether (sulfide) groups is 1. The lowest BCUT2D eigenvalue weighted by Gasteiger charge is -2.10. The summed E-state index contributed by atoms with van der Waals surface area (Å²) in [4.78, 5) is 13.2. The minimum Gasteiger partial charge on any atom is -0.507 e. The number of hydrogen-bond donors (Lipinski definition) is 1. The normalized spacial score (nSPS) is 10.7. The maximum Gasteiger partial charge on any atom is 0.193 e. The van der Waals surface area contributed by atoms with Gasteiger partial charge in [0.15, 0.2) is 5.78 Å². The van der Waals surface area contributed by atoms with Gasteiger partial charge in [0.2, 0.25) is 0 Å². The molecule has 0 fully saturated rings. The lowest BCUT2D eigenvalue weighted by atomic mass is 10.1. The summed E-state index contributed by atoms with van der Waals surface area (Å²) >= 11 is 1.47. The minimum atomic E-state index is -0.317. The molecule has 0 aromatic heterocycles. The van der Waals surface area contributed by atoms with E-state index in [0.29, 0.717) is 5.75 Å². The molecule has 0 aliphatic heterocycles. The highest BCUT2D eigenvalue weighted by atomic mass is 32.2. The maximum absolute atomic E-state index is 12.4. The van der Waals surface area contributed by atoms with Crippen molar-refractivity contribution in [2.24, 2.45) is 0 Å². The van der Waals surface area contributed by atoms with E-state index in [2.05, 4.69) is 0 Å². The van der Waals surface area contributed by atoms with Gasteiger partial charge in [0.25, 0.3) is 0 Å². The van der Waals surface area contributed by atoms with Gasteiger partial charge in [-0.25, -0.2) is 0 Å². The Kier molecular flexibility index (Phi) is 5.71. The Morgan fingerprint density at radius 2 is 1.83 bits per heavy atom. The molecule has 0 unspecified atom stereocenters. The predicted octanol–water partition coefficient (Wildman–Crippen LogP) is 4.03. The third kappa shape index (κ3) is 4.07. The zero-order chi connectivity index (χ0) is 16.8. The molecular weight excluding hydrogens is 312 g/mol. The van der Waals surface area contributed by atoms with Crippen molar-refractivity contribution in [1.29, 1.82) is 0 Å². The average Bonchev–Trinajstić information content (AvgIpc) is 2.59. The fourth-order valence-electron chi connectivity index (χ4n) is 2.07. The first kappa shape index (κ1) is 17.0. The van der Waals surface area contributed by atoms with Gasteiger partial charge in [0.1, 0.15) is 22.8 Å². The molecule has 0 saturated heterocycles. The lowest BCUT2D eigenvalue weighted by Crippen LogP contribution is -2.00. The van der Waals surface area contributed by atoms with Crippen molar-refractivity contribution in [2.75, 3.05) is 20.5 Å². The van der Waals surface area contributed by atoms with Crippen LogP contribution in [-0.2, 0) is 0 Å². The standard InChI is InChI=1S/C18H18O4S/c1-21-13-7-4-12(5-8-13)6-9-15(19)18-16(20)10-14(23-3)11-17(18)22-2/h4-11,20H,1-3H3/b9-6+. The van der Waals surface area contributed by atoms with Crippen LogP contribution in [0.15, 0.2) is 47.4 Å². The number of methoxy groups -OCH3 is 2. The first-order valence-electron chi connectivity index (χ1n) is 6.90. The molecule has 5 heteroatoms. The van der Waals surface area contributed by atoms with Gasteiger partial charge in [0.05, 0.1) is 14.2 Å². The minimum absolute atomic E-state index is 0.0851. The molecule has 0 heterocycles.